The number of hydrogen-bond acceptors (Lipinski definition) is 5. The Hall–Kier alpha value is -1.47. The summed E-state index contributed by atoms with van der Waals surface area (Å²) < 4.78 is 11.2. The number of nitrogens with one attached hydrogen (secondary N) is 1. The minimum atomic E-state index is -0.778. The Morgan fingerprint density at radius 3 is 2.82 bits per heavy atom. The molecule has 2 rings (SSSR count). The minimum Gasteiger partial charge on any atom is -0.337 e. The summed E-state index contributed by atoms with van der Waals surface area (Å²) in [4.78, 5) is 17.8. The molecule has 0 saturated carbocycles. The van der Waals surface area contributed by atoms with Crippen LogP contribution in [0.5, 0.6) is 0 Å². The molecule has 0 bridgehead atoms. The highest BCUT2D eigenvalue weighted by Crippen LogP contribution is 2.10. The molecular formula is C10H14N4O2S. The maximum atomic E-state index is 12.1. The number of nitrogen functional groups attached to an aromatic ring is 1. The number of carbonyl (C=O) groups excluding carboxylic acids is 1. The average molecular weight is 254 g/mol. The molecule has 0 radical (unpaired) electrons. The number of nitrogens with zero attached hydrogens (tertiary/aromatic N) is 2. The fraction of sp³-hybridized carbons (Fsp3) is 0.400. The maximum absolute atomic E-state index is 12.1. The second-order valence-corrected chi connectivity index (χ2v) is 5.41. The van der Waals surface area contributed by atoms with E-state index in [0.717, 1.165) is 0 Å². The van der Waals surface area contributed by atoms with E-state index in [2.05, 4.69) is 10.4 Å². The van der Waals surface area contributed by atoms with Crippen molar-refractivity contribution in [3.05, 3.63) is 23.9 Å². The molecule has 1 aliphatic heterocycles. The van der Waals surface area contributed by atoms with Crippen molar-refractivity contribution < 1.29 is 9.00 Å². The van der Waals surface area contributed by atoms with Crippen molar-refractivity contribution in [3.8, 4) is 0 Å². The number of hydrogen-bond donors (Lipinski definition) is 2. The lowest BCUT2D eigenvalue weighted by atomic mass is 10.2. The van der Waals surface area contributed by atoms with E-state index < -0.39 is 10.8 Å². The van der Waals surface area contributed by atoms with Crippen LogP contribution in [-0.2, 0) is 10.8 Å². The molecule has 17 heavy (non-hydrogen) atoms. The highest BCUT2D eigenvalue weighted by molar-refractivity contribution is 7.85. The number of pyridine rings is 1. The first-order valence-corrected chi connectivity index (χ1v) is 6.76. The number of aromatic nitrogens is 1. The zero-order chi connectivity index (χ0) is 12.3. The number of anilines is 1. The van der Waals surface area contributed by atoms with Crippen LogP contribution in [0, 0.1) is 0 Å². The Morgan fingerprint density at radius 2 is 2.18 bits per heavy atom. The van der Waals surface area contributed by atoms with Crippen LogP contribution in [-0.4, -0.2) is 44.6 Å². The summed E-state index contributed by atoms with van der Waals surface area (Å²) in [5.41, 5.74) is 2.94. The smallest absolute Gasteiger partial charge is 0.254 e. The van der Waals surface area contributed by atoms with E-state index in [1.807, 2.05) is 0 Å². The molecule has 1 aromatic heterocycles. The number of nitrogens with two attached hydrogens (primary N) is 1. The predicted octanol–water partition coefficient (Wildman–Crippen LogP) is -0.428. The Balaban J connectivity index is 2.10. The van der Waals surface area contributed by atoms with Gasteiger partial charge in [0.1, 0.15) is 5.82 Å². The van der Waals surface area contributed by atoms with E-state index in [1.54, 1.807) is 17.0 Å². The summed E-state index contributed by atoms with van der Waals surface area (Å²) >= 11 is 0. The van der Waals surface area contributed by atoms with E-state index in [-0.39, 0.29) is 5.91 Å². The van der Waals surface area contributed by atoms with Crippen LogP contribution in [0.3, 0.4) is 0 Å². The molecule has 1 saturated heterocycles. The molecule has 0 unspecified atom stereocenters. The van der Waals surface area contributed by atoms with Gasteiger partial charge in [-0.25, -0.2) is 10.8 Å². The highest BCUT2D eigenvalue weighted by Gasteiger charge is 2.21. The van der Waals surface area contributed by atoms with E-state index in [4.69, 9.17) is 5.84 Å². The minimum absolute atomic E-state index is 0.0689. The number of hydrazine groups is 1. The van der Waals surface area contributed by atoms with Gasteiger partial charge in [-0.2, -0.15) is 0 Å². The largest absolute Gasteiger partial charge is 0.337 e. The van der Waals surface area contributed by atoms with Crippen molar-refractivity contribution in [2.24, 2.45) is 5.84 Å². The SMILES string of the molecule is NNc1cc(C(=O)N2CCS(=O)CC2)ccn1. The molecule has 1 fully saturated rings. The monoisotopic (exact) mass is 254 g/mol. The first-order chi connectivity index (χ1) is 8.20. The van der Waals surface area contributed by atoms with E-state index >= 15 is 0 Å². The Morgan fingerprint density at radius 1 is 1.47 bits per heavy atom. The molecule has 6 nitrogen and oxygen atoms in total. The molecule has 92 valence electrons. The fourth-order valence-corrected chi connectivity index (χ4v) is 2.72. The van der Waals surface area contributed by atoms with Crippen LogP contribution >= 0.6 is 0 Å². The Labute approximate surface area is 102 Å². The number of carbonyl (C=O) groups is 1. The van der Waals surface area contributed by atoms with Crippen LogP contribution in [0.15, 0.2) is 18.3 Å². The molecule has 1 aliphatic rings. The van der Waals surface area contributed by atoms with Crippen LogP contribution in [0.1, 0.15) is 10.4 Å². The van der Waals surface area contributed by atoms with Crippen LogP contribution in [0.25, 0.3) is 0 Å². The van der Waals surface area contributed by atoms with Crippen LogP contribution in [0.2, 0.25) is 0 Å². The van der Waals surface area contributed by atoms with Crippen molar-refractivity contribution in [2.75, 3.05) is 30.0 Å². The fourth-order valence-electron chi connectivity index (χ4n) is 1.67. The van der Waals surface area contributed by atoms with Gasteiger partial charge in [0.15, 0.2) is 0 Å². The van der Waals surface area contributed by atoms with Gasteiger partial charge in [0, 0.05) is 47.2 Å². The van der Waals surface area contributed by atoms with Gasteiger partial charge in [-0.15, -0.1) is 0 Å². The van der Waals surface area contributed by atoms with Crippen LogP contribution < -0.4 is 11.3 Å². The number of amides is 1. The Bertz CT molecular complexity index is 442. The van der Waals surface area contributed by atoms with Gasteiger partial charge in [-0.3, -0.25) is 9.00 Å². The van der Waals surface area contributed by atoms with Gasteiger partial charge in [-0.05, 0) is 12.1 Å². The predicted molar refractivity (Wildman–Crippen MR) is 65.8 cm³/mol. The normalized spacial score (nSPS) is 16.9. The average Bonchev–Trinajstić information content (AvgIpc) is 2.39. The van der Waals surface area contributed by atoms with E-state index in [0.29, 0.717) is 36.0 Å². The molecular weight excluding hydrogens is 240 g/mol. The quantitative estimate of drug-likeness (QED) is 0.552. The van der Waals surface area contributed by atoms with Gasteiger partial charge in [-0.1, -0.05) is 0 Å². The lowest BCUT2D eigenvalue weighted by Crippen LogP contribution is -2.41. The third-order valence-electron chi connectivity index (χ3n) is 2.62. The van der Waals surface area contributed by atoms with Crippen LogP contribution in [0.4, 0.5) is 5.82 Å². The number of rotatable bonds is 2. The summed E-state index contributed by atoms with van der Waals surface area (Å²) in [7, 11) is -0.778. The highest BCUT2D eigenvalue weighted by atomic mass is 32.2. The molecule has 1 aromatic rings. The van der Waals surface area contributed by atoms with Crippen molar-refractivity contribution in [1.29, 1.82) is 0 Å². The van der Waals surface area contributed by atoms with Crippen molar-refractivity contribution in [3.63, 3.8) is 0 Å². The topological polar surface area (TPSA) is 88.3 Å². The lowest BCUT2D eigenvalue weighted by Gasteiger charge is -2.26. The summed E-state index contributed by atoms with van der Waals surface area (Å²) in [5.74, 6) is 6.73. The molecule has 1 amide bonds. The van der Waals surface area contributed by atoms with Gasteiger partial charge in [0.2, 0.25) is 0 Å². The third kappa shape index (κ3) is 2.80. The molecule has 7 heteroatoms. The van der Waals surface area contributed by atoms with Crippen molar-refractivity contribution in [1.82, 2.24) is 9.88 Å². The second-order valence-electron chi connectivity index (χ2n) is 3.71. The maximum Gasteiger partial charge on any atom is 0.254 e. The molecule has 0 aromatic carbocycles. The summed E-state index contributed by atoms with van der Waals surface area (Å²) in [5, 5.41) is 0. The lowest BCUT2D eigenvalue weighted by molar-refractivity contribution is 0.0771. The molecule has 0 atom stereocenters. The zero-order valence-corrected chi connectivity index (χ0v) is 10.1. The summed E-state index contributed by atoms with van der Waals surface area (Å²) in [6.07, 6.45) is 1.53. The summed E-state index contributed by atoms with van der Waals surface area (Å²) in [6, 6.07) is 3.25. The van der Waals surface area contributed by atoms with Gasteiger partial charge in [0.05, 0.1) is 0 Å². The van der Waals surface area contributed by atoms with Crippen molar-refractivity contribution >= 4 is 22.5 Å². The van der Waals surface area contributed by atoms with E-state index in [1.165, 1.54) is 6.20 Å². The van der Waals surface area contributed by atoms with Gasteiger partial charge < -0.3 is 10.3 Å². The third-order valence-corrected chi connectivity index (χ3v) is 3.90. The summed E-state index contributed by atoms with van der Waals surface area (Å²) in [6.45, 7) is 1.08. The molecule has 0 aliphatic carbocycles. The molecule has 2 heterocycles. The van der Waals surface area contributed by atoms with Gasteiger partial charge >= 0.3 is 0 Å². The standard InChI is InChI=1S/C10H14N4O2S/c11-13-9-7-8(1-2-12-9)10(15)14-3-5-17(16)6-4-14/h1-2,7H,3-6,11H2,(H,12,13). The van der Waals surface area contributed by atoms with Crippen molar-refractivity contribution in [2.45, 2.75) is 0 Å². The molecule has 0 spiro atoms. The van der Waals surface area contributed by atoms with E-state index in [9.17, 15) is 9.00 Å². The van der Waals surface area contributed by atoms with Gasteiger partial charge in [0.25, 0.3) is 5.91 Å². The zero-order valence-electron chi connectivity index (χ0n) is 9.26. The first kappa shape index (κ1) is 12.0. The molecule has 3 N–H and O–H groups in total. The first-order valence-electron chi connectivity index (χ1n) is 5.27. The second kappa shape index (κ2) is 5.24. The Kier molecular flexibility index (Phi) is 3.70.